The fourth-order valence-electron chi connectivity index (χ4n) is 2.11. The van der Waals surface area contributed by atoms with Crippen LogP contribution in [-0.4, -0.2) is 40.4 Å². The molecule has 2 heterocycles. The maximum atomic E-state index is 11.9. The summed E-state index contributed by atoms with van der Waals surface area (Å²) in [6.45, 7) is 1.36. The van der Waals surface area contributed by atoms with Gasteiger partial charge < -0.3 is 9.47 Å². The number of ether oxygens (including phenoxy) is 2. The van der Waals surface area contributed by atoms with Crippen LogP contribution in [0.2, 0.25) is 0 Å². The molecule has 1 saturated heterocycles. The summed E-state index contributed by atoms with van der Waals surface area (Å²) < 4.78 is 11.1. The van der Waals surface area contributed by atoms with Crippen molar-refractivity contribution in [2.75, 3.05) is 18.5 Å². The van der Waals surface area contributed by atoms with Gasteiger partial charge in [-0.3, -0.25) is 10.1 Å². The molecule has 1 amide bonds. The zero-order valence-corrected chi connectivity index (χ0v) is 11.4. The van der Waals surface area contributed by atoms with Gasteiger partial charge in [-0.1, -0.05) is 0 Å². The molecule has 21 heavy (non-hydrogen) atoms. The summed E-state index contributed by atoms with van der Waals surface area (Å²) in [5, 5.41) is 8.84. The van der Waals surface area contributed by atoms with Gasteiger partial charge in [0.2, 0.25) is 5.95 Å². The summed E-state index contributed by atoms with van der Waals surface area (Å²) in [5.41, 5.74) is 0.524. The number of rotatable bonds is 5. The molecule has 2 aromatic rings. The standard InChI is InChI=1S/C14H16N4O3/c19-13(17-14-15-9-16-18-14)10-3-5-11(6-4-10)21-8-12-2-1-7-20-12/h3-6,9,12H,1-2,7-8H2,(H2,15,16,17,18,19). The van der Waals surface area contributed by atoms with Gasteiger partial charge in [0.15, 0.2) is 0 Å². The summed E-state index contributed by atoms with van der Waals surface area (Å²) >= 11 is 0. The van der Waals surface area contributed by atoms with Crippen LogP contribution in [-0.2, 0) is 4.74 Å². The summed E-state index contributed by atoms with van der Waals surface area (Å²) in [7, 11) is 0. The van der Waals surface area contributed by atoms with Crippen LogP contribution in [0.15, 0.2) is 30.6 Å². The number of H-pyrrole nitrogens is 1. The zero-order valence-electron chi connectivity index (χ0n) is 11.4. The number of aromatic nitrogens is 3. The minimum Gasteiger partial charge on any atom is -0.491 e. The highest BCUT2D eigenvalue weighted by atomic mass is 16.5. The van der Waals surface area contributed by atoms with Crippen molar-refractivity contribution < 1.29 is 14.3 Å². The molecule has 1 aromatic carbocycles. The number of carbonyl (C=O) groups is 1. The maximum Gasteiger partial charge on any atom is 0.258 e. The van der Waals surface area contributed by atoms with E-state index in [0.29, 0.717) is 18.1 Å². The van der Waals surface area contributed by atoms with E-state index in [2.05, 4.69) is 20.5 Å². The van der Waals surface area contributed by atoms with Crippen LogP contribution in [0.5, 0.6) is 5.75 Å². The summed E-state index contributed by atoms with van der Waals surface area (Å²) in [5.74, 6) is 0.790. The Kier molecular flexibility index (Phi) is 4.11. The first kappa shape index (κ1) is 13.6. The van der Waals surface area contributed by atoms with E-state index in [1.165, 1.54) is 6.33 Å². The molecule has 1 fully saturated rings. The second-order valence-electron chi connectivity index (χ2n) is 4.76. The highest BCUT2D eigenvalue weighted by molar-refractivity contribution is 6.03. The smallest absolute Gasteiger partial charge is 0.258 e. The van der Waals surface area contributed by atoms with E-state index in [9.17, 15) is 4.79 Å². The van der Waals surface area contributed by atoms with E-state index in [4.69, 9.17) is 9.47 Å². The Morgan fingerprint density at radius 3 is 2.95 bits per heavy atom. The Morgan fingerprint density at radius 2 is 2.29 bits per heavy atom. The molecule has 2 N–H and O–H groups in total. The predicted molar refractivity (Wildman–Crippen MR) is 75.2 cm³/mol. The largest absolute Gasteiger partial charge is 0.491 e. The van der Waals surface area contributed by atoms with Crippen LogP contribution in [0.25, 0.3) is 0 Å². The van der Waals surface area contributed by atoms with Crippen molar-refractivity contribution in [3.63, 3.8) is 0 Å². The van der Waals surface area contributed by atoms with Gasteiger partial charge in [0.1, 0.15) is 18.7 Å². The average Bonchev–Trinajstić information content (AvgIpc) is 3.19. The second-order valence-corrected chi connectivity index (χ2v) is 4.76. The average molecular weight is 288 g/mol. The van der Waals surface area contributed by atoms with Crippen molar-refractivity contribution in [3.8, 4) is 5.75 Å². The first-order valence-corrected chi connectivity index (χ1v) is 6.82. The van der Waals surface area contributed by atoms with Gasteiger partial charge in [-0.2, -0.15) is 10.1 Å². The Labute approximate surface area is 121 Å². The van der Waals surface area contributed by atoms with Crippen LogP contribution < -0.4 is 10.1 Å². The lowest BCUT2D eigenvalue weighted by Crippen LogP contribution is -2.16. The third kappa shape index (κ3) is 3.57. The lowest BCUT2D eigenvalue weighted by Gasteiger charge is -2.11. The molecular formula is C14H16N4O3. The van der Waals surface area contributed by atoms with E-state index >= 15 is 0 Å². The molecule has 0 spiro atoms. The van der Waals surface area contributed by atoms with Gasteiger partial charge in [0.25, 0.3) is 5.91 Å². The molecule has 110 valence electrons. The molecule has 1 unspecified atom stereocenters. The number of nitrogens with zero attached hydrogens (tertiary/aromatic N) is 2. The van der Waals surface area contributed by atoms with E-state index in [0.717, 1.165) is 25.2 Å². The molecule has 0 aliphatic carbocycles. The van der Waals surface area contributed by atoms with Gasteiger partial charge in [0.05, 0.1) is 6.10 Å². The predicted octanol–water partition coefficient (Wildman–Crippen LogP) is 1.61. The van der Waals surface area contributed by atoms with Crippen molar-refractivity contribution in [1.82, 2.24) is 15.2 Å². The quantitative estimate of drug-likeness (QED) is 0.872. The van der Waals surface area contributed by atoms with Crippen molar-refractivity contribution in [2.45, 2.75) is 18.9 Å². The maximum absolute atomic E-state index is 11.9. The fraction of sp³-hybridized carbons (Fsp3) is 0.357. The first-order valence-electron chi connectivity index (χ1n) is 6.82. The number of carbonyl (C=O) groups excluding carboxylic acids is 1. The molecule has 1 aliphatic rings. The van der Waals surface area contributed by atoms with Crippen molar-refractivity contribution in [3.05, 3.63) is 36.2 Å². The SMILES string of the molecule is O=C(Nc1ncn[nH]1)c1ccc(OCC2CCCO2)cc1. The van der Waals surface area contributed by atoms with Crippen LogP contribution in [0.1, 0.15) is 23.2 Å². The number of anilines is 1. The molecule has 0 saturated carbocycles. The number of hydrogen-bond donors (Lipinski definition) is 2. The second kappa shape index (κ2) is 6.36. The highest BCUT2D eigenvalue weighted by Gasteiger charge is 2.16. The van der Waals surface area contributed by atoms with Crippen molar-refractivity contribution >= 4 is 11.9 Å². The summed E-state index contributed by atoms with van der Waals surface area (Å²) in [6.07, 6.45) is 3.64. The molecule has 0 bridgehead atoms. The zero-order chi connectivity index (χ0) is 14.5. The van der Waals surface area contributed by atoms with Gasteiger partial charge >= 0.3 is 0 Å². The topological polar surface area (TPSA) is 89.1 Å². The minimum absolute atomic E-state index is 0.180. The third-order valence-corrected chi connectivity index (χ3v) is 3.22. The molecular weight excluding hydrogens is 272 g/mol. The van der Waals surface area contributed by atoms with Crippen LogP contribution >= 0.6 is 0 Å². The van der Waals surface area contributed by atoms with Gasteiger partial charge in [-0.15, -0.1) is 0 Å². The lowest BCUT2D eigenvalue weighted by molar-refractivity contribution is 0.0679. The Balaban J connectivity index is 1.54. The molecule has 1 aliphatic heterocycles. The molecule has 1 aromatic heterocycles. The number of amides is 1. The van der Waals surface area contributed by atoms with Gasteiger partial charge in [-0.25, -0.2) is 5.10 Å². The van der Waals surface area contributed by atoms with E-state index in [1.54, 1.807) is 24.3 Å². The minimum atomic E-state index is -0.252. The molecule has 0 radical (unpaired) electrons. The number of benzene rings is 1. The van der Waals surface area contributed by atoms with Gasteiger partial charge in [0, 0.05) is 12.2 Å². The monoisotopic (exact) mass is 288 g/mol. The Hall–Kier alpha value is -2.41. The Bertz CT molecular complexity index is 577. The molecule has 3 rings (SSSR count). The number of nitrogens with one attached hydrogen (secondary N) is 2. The van der Waals surface area contributed by atoms with E-state index in [-0.39, 0.29) is 12.0 Å². The molecule has 7 heteroatoms. The van der Waals surface area contributed by atoms with Crippen LogP contribution in [0.4, 0.5) is 5.95 Å². The number of aromatic amines is 1. The third-order valence-electron chi connectivity index (χ3n) is 3.22. The van der Waals surface area contributed by atoms with Gasteiger partial charge in [-0.05, 0) is 37.1 Å². The number of hydrogen-bond acceptors (Lipinski definition) is 5. The normalized spacial score (nSPS) is 17.6. The summed E-state index contributed by atoms with van der Waals surface area (Å²) in [6, 6.07) is 6.95. The van der Waals surface area contributed by atoms with Crippen molar-refractivity contribution in [1.29, 1.82) is 0 Å². The molecule has 1 atom stereocenters. The van der Waals surface area contributed by atoms with E-state index < -0.39 is 0 Å². The Morgan fingerprint density at radius 1 is 1.43 bits per heavy atom. The first-order chi connectivity index (χ1) is 10.3. The lowest BCUT2D eigenvalue weighted by atomic mass is 10.2. The van der Waals surface area contributed by atoms with Crippen LogP contribution in [0, 0.1) is 0 Å². The highest BCUT2D eigenvalue weighted by Crippen LogP contribution is 2.17. The molecule has 7 nitrogen and oxygen atoms in total. The van der Waals surface area contributed by atoms with Crippen LogP contribution in [0.3, 0.4) is 0 Å². The van der Waals surface area contributed by atoms with E-state index in [1.807, 2.05) is 0 Å². The van der Waals surface area contributed by atoms with Crippen molar-refractivity contribution in [2.24, 2.45) is 0 Å². The summed E-state index contributed by atoms with van der Waals surface area (Å²) in [4.78, 5) is 15.8. The fourth-order valence-corrected chi connectivity index (χ4v) is 2.11.